The Morgan fingerprint density at radius 3 is 2.81 bits per heavy atom. The molecule has 0 bridgehead atoms. The number of furan rings is 1. The first-order valence-electron chi connectivity index (χ1n) is 6.99. The third-order valence-corrected chi connectivity index (χ3v) is 3.67. The molecule has 1 aromatic heterocycles. The van der Waals surface area contributed by atoms with Gasteiger partial charge in [-0.2, -0.15) is 0 Å². The minimum Gasteiger partial charge on any atom is -0.463 e. The molecule has 0 aromatic carbocycles. The number of piperidine rings is 1. The number of nitrogens with one attached hydrogen (secondary N) is 1. The number of esters is 1. The maximum absolute atomic E-state index is 11.6. The molecule has 1 amide bonds. The number of carbonyl (C=O) groups is 2. The van der Waals surface area contributed by atoms with Crippen LogP contribution in [0.15, 0.2) is 16.7 Å². The molecular formula is C14H21N3O4. The number of hydrogen-bond donors (Lipinski definition) is 2. The number of carbonyl (C=O) groups excluding carboxylic acids is 2. The van der Waals surface area contributed by atoms with Crippen molar-refractivity contribution >= 4 is 11.9 Å². The Hall–Kier alpha value is -1.86. The summed E-state index contributed by atoms with van der Waals surface area (Å²) in [5, 5.41) is 3.29. The van der Waals surface area contributed by atoms with Crippen LogP contribution in [-0.4, -0.2) is 49.6 Å². The van der Waals surface area contributed by atoms with Crippen LogP contribution in [0.5, 0.6) is 0 Å². The van der Waals surface area contributed by atoms with Gasteiger partial charge in [0.05, 0.1) is 19.9 Å². The normalized spacial score (nSPS) is 16.1. The van der Waals surface area contributed by atoms with Crippen molar-refractivity contribution in [3.63, 3.8) is 0 Å². The topological polar surface area (TPSA) is 97.8 Å². The lowest BCUT2D eigenvalue weighted by Gasteiger charge is -2.33. The SMILES string of the molecule is COC(=O)c1occc1CN(CC(N)=O)C1CCNCC1. The van der Waals surface area contributed by atoms with Crippen LogP contribution in [0.1, 0.15) is 29.0 Å². The molecule has 3 N–H and O–H groups in total. The molecule has 21 heavy (non-hydrogen) atoms. The Morgan fingerprint density at radius 2 is 2.19 bits per heavy atom. The summed E-state index contributed by atoms with van der Waals surface area (Å²) >= 11 is 0. The van der Waals surface area contributed by atoms with Crippen molar-refractivity contribution < 1.29 is 18.7 Å². The molecule has 7 heteroatoms. The van der Waals surface area contributed by atoms with Gasteiger partial charge in [0.2, 0.25) is 11.7 Å². The summed E-state index contributed by atoms with van der Waals surface area (Å²) in [6.45, 7) is 2.43. The van der Waals surface area contributed by atoms with Gasteiger partial charge < -0.3 is 20.2 Å². The van der Waals surface area contributed by atoms with Crippen molar-refractivity contribution in [1.29, 1.82) is 0 Å². The van der Waals surface area contributed by atoms with Crippen molar-refractivity contribution in [2.75, 3.05) is 26.7 Å². The number of hydrogen-bond acceptors (Lipinski definition) is 6. The zero-order valence-corrected chi connectivity index (χ0v) is 12.1. The summed E-state index contributed by atoms with van der Waals surface area (Å²) in [7, 11) is 1.31. The first kappa shape index (κ1) is 15.5. The number of nitrogens with two attached hydrogens (primary N) is 1. The van der Waals surface area contributed by atoms with E-state index in [1.165, 1.54) is 13.4 Å². The fourth-order valence-corrected chi connectivity index (χ4v) is 2.64. The summed E-state index contributed by atoms with van der Waals surface area (Å²) in [6, 6.07) is 1.99. The lowest BCUT2D eigenvalue weighted by atomic mass is 10.0. The molecule has 0 saturated carbocycles. The van der Waals surface area contributed by atoms with E-state index in [0.29, 0.717) is 12.1 Å². The van der Waals surface area contributed by atoms with Crippen LogP contribution >= 0.6 is 0 Å². The van der Waals surface area contributed by atoms with E-state index in [1.807, 2.05) is 4.90 Å². The van der Waals surface area contributed by atoms with Gasteiger partial charge in [0, 0.05) is 18.2 Å². The Labute approximate surface area is 123 Å². The Bertz CT molecular complexity index is 494. The lowest BCUT2D eigenvalue weighted by molar-refractivity contribution is -0.120. The van der Waals surface area contributed by atoms with Crippen LogP contribution in [0.2, 0.25) is 0 Å². The second-order valence-corrected chi connectivity index (χ2v) is 5.12. The molecule has 1 aliphatic heterocycles. The van der Waals surface area contributed by atoms with Crippen LogP contribution in [-0.2, 0) is 16.1 Å². The van der Waals surface area contributed by atoms with Gasteiger partial charge in [0.25, 0.3) is 0 Å². The summed E-state index contributed by atoms with van der Waals surface area (Å²) in [5.74, 6) is -0.711. The average molecular weight is 295 g/mol. The van der Waals surface area contributed by atoms with E-state index < -0.39 is 5.97 Å². The predicted molar refractivity (Wildman–Crippen MR) is 75.5 cm³/mol. The average Bonchev–Trinajstić information content (AvgIpc) is 2.94. The van der Waals surface area contributed by atoms with Crippen LogP contribution < -0.4 is 11.1 Å². The molecule has 1 fully saturated rings. The lowest BCUT2D eigenvalue weighted by Crippen LogP contribution is -2.46. The molecule has 0 unspecified atom stereocenters. The molecular weight excluding hydrogens is 274 g/mol. The zero-order chi connectivity index (χ0) is 15.2. The summed E-state index contributed by atoms with van der Waals surface area (Å²) in [4.78, 5) is 24.9. The number of primary amides is 1. The van der Waals surface area contributed by atoms with Gasteiger partial charge in [-0.1, -0.05) is 0 Å². The summed E-state index contributed by atoms with van der Waals surface area (Å²) in [6.07, 6.45) is 3.34. The standard InChI is InChI=1S/C14H21N3O4/c1-20-14(19)13-10(4-7-21-13)8-17(9-12(15)18)11-2-5-16-6-3-11/h4,7,11,16H,2-3,5-6,8-9H2,1H3,(H2,15,18). The smallest absolute Gasteiger partial charge is 0.374 e. The van der Waals surface area contributed by atoms with Crippen molar-refractivity contribution in [3.05, 3.63) is 23.7 Å². The second kappa shape index (κ2) is 7.24. The molecule has 0 radical (unpaired) electrons. The van der Waals surface area contributed by atoms with Crippen LogP contribution in [0.4, 0.5) is 0 Å². The van der Waals surface area contributed by atoms with Gasteiger partial charge in [-0.25, -0.2) is 4.79 Å². The number of methoxy groups -OCH3 is 1. The van der Waals surface area contributed by atoms with Gasteiger partial charge in [-0.15, -0.1) is 0 Å². The first-order chi connectivity index (χ1) is 10.1. The Morgan fingerprint density at radius 1 is 1.48 bits per heavy atom. The minimum atomic E-state index is -0.515. The van der Waals surface area contributed by atoms with Gasteiger partial charge in [-0.05, 0) is 32.0 Å². The zero-order valence-electron chi connectivity index (χ0n) is 12.1. The van der Waals surface area contributed by atoms with Crippen molar-refractivity contribution in [3.8, 4) is 0 Å². The number of ether oxygens (including phenoxy) is 1. The number of rotatable bonds is 6. The van der Waals surface area contributed by atoms with E-state index in [2.05, 4.69) is 5.32 Å². The highest BCUT2D eigenvalue weighted by Crippen LogP contribution is 2.19. The Balaban J connectivity index is 2.12. The summed E-state index contributed by atoms with van der Waals surface area (Å²) in [5.41, 5.74) is 6.05. The van der Waals surface area contributed by atoms with Gasteiger partial charge in [-0.3, -0.25) is 9.69 Å². The molecule has 2 heterocycles. The third kappa shape index (κ3) is 4.05. The van der Waals surface area contributed by atoms with Crippen LogP contribution in [0.3, 0.4) is 0 Å². The molecule has 116 valence electrons. The van der Waals surface area contributed by atoms with Gasteiger partial charge in [0.1, 0.15) is 0 Å². The second-order valence-electron chi connectivity index (χ2n) is 5.12. The van der Waals surface area contributed by atoms with Gasteiger partial charge >= 0.3 is 5.97 Å². The van der Waals surface area contributed by atoms with E-state index in [4.69, 9.17) is 14.9 Å². The molecule has 1 aliphatic rings. The predicted octanol–water partition coefficient (Wildman–Crippen LogP) is 0.106. The van der Waals surface area contributed by atoms with E-state index in [-0.39, 0.29) is 24.3 Å². The largest absolute Gasteiger partial charge is 0.463 e. The highest BCUT2D eigenvalue weighted by molar-refractivity contribution is 5.87. The monoisotopic (exact) mass is 295 g/mol. The molecule has 0 spiro atoms. The van der Waals surface area contributed by atoms with Gasteiger partial charge in [0.15, 0.2) is 0 Å². The molecule has 2 rings (SSSR count). The number of nitrogens with zero attached hydrogens (tertiary/aromatic N) is 1. The highest BCUT2D eigenvalue weighted by Gasteiger charge is 2.25. The quantitative estimate of drug-likeness (QED) is 0.723. The molecule has 1 saturated heterocycles. The molecule has 0 aliphatic carbocycles. The third-order valence-electron chi connectivity index (χ3n) is 3.67. The minimum absolute atomic E-state index is 0.163. The Kier molecular flexibility index (Phi) is 5.35. The van der Waals surface area contributed by atoms with Crippen molar-refractivity contribution in [2.45, 2.75) is 25.4 Å². The molecule has 1 aromatic rings. The molecule has 0 atom stereocenters. The maximum atomic E-state index is 11.6. The first-order valence-corrected chi connectivity index (χ1v) is 6.99. The number of amides is 1. The van der Waals surface area contributed by atoms with E-state index in [9.17, 15) is 9.59 Å². The van der Waals surface area contributed by atoms with Crippen molar-refractivity contribution in [2.24, 2.45) is 5.73 Å². The summed E-state index contributed by atoms with van der Waals surface area (Å²) < 4.78 is 9.87. The fraction of sp³-hybridized carbons (Fsp3) is 0.571. The van der Waals surface area contributed by atoms with E-state index >= 15 is 0 Å². The highest BCUT2D eigenvalue weighted by atomic mass is 16.5. The maximum Gasteiger partial charge on any atom is 0.374 e. The van der Waals surface area contributed by atoms with Crippen LogP contribution in [0.25, 0.3) is 0 Å². The molecule has 7 nitrogen and oxygen atoms in total. The van der Waals surface area contributed by atoms with E-state index in [1.54, 1.807) is 6.07 Å². The fourth-order valence-electron chi connectivity index (χ4n) is 2.64. The van der Waals surface area contributed by atoms with E-state index in [0.717, 1.165) is 25.9 Å². The van der Waals surface area contributed by atoms with Crippen LogP contribution in [0, 0.1) is 0 Å². The van der Waals surface area contributed by atoms with Crippen molar-refractivity contribution in [1.82, 2.24) is 10.2 Å².